The third-order valence-electron chi connectivity index (χ3n) is 4.54. The van der Waals surface area contributed by atoms with Crippen molar-refractivity contribution in [1.29, 1.82) is 0 Å². The number of rotatable bonds is 5. The molecule has 0 spiro atoms. The minimum atomic E-state index is -0.204. The normalized spacial score (nSPS) is 21.5. The lowest BCUT2D eigenvalue weighted by Crippen LogP contribution is -2.28. The van der Waals surface area contributed by atoms with Gasteiger partial charge in [0.05, 0.1) is 17.8 Å². The van der Waals surface area contributed by atoms with Gasteiger partial charge in [0.2, 0.25) is 0 Å². The van der Waals surface area contributed by atoms with Crippen molar-refractivity contribution in [3.63, 3.8) is 0 Å². The molecule has 0 aliphatic carbocycles. The van der Waals surface area contributed by atoms with Gasteiger partial charge in [-0.05, 0) is 32.4 Å². The number of hydrogen-bond acceptors (Lipinski definition) is 6. The van der Waals surface area contributed by atoms with Crippen molar-refractivity contribution in [3.8, 4) is 5.75 Å². The largest absolute Gasteiger partial charge is 0.506 e. The van der Waals surface area contributed by atoms with E-state index >= 15 is 0 Å². The van der Waals surface area contributed by atoms with E-state index in [-0.39, 0.29) is 23.6 Å². The summed E-state index contributed by atoms with van der Waals surface area (Å²) in [5.41, 5.74) is 1.27. The summed E-state index contributed by atoms with van der Waals surface area (Å²) in [5, 5.41) is 16.8. The monoisotopic (exact) mass is 333 g/mol. The smallest absolute Gasteiger partial charge is 0.343 e. The lowest BCUT2D eigenvalue weighted by molar-refractivity contribution is 0.107. The first-order valence-electron chi connectivity index (χ1n) is 8.10. The van der Waals surface area contributed by atoms with Crippen LogP contribution < -0.4 is 5.69 Å². The summed E-state index contributed by atoms with van der Waals surface area (Å²) in [6.45, 7) is 5.54. The van der Waals surface area contributed by atoms with E-state index in [0.717, 1.165) is 12.1 Å². The Morgan fingerprint density at radius 1 is 1.46 bits per heavy atom. The molecule has 2 aromatic rings. The van der Waals surface area contributed by atoms with E-state index < -0.39 is 0 Å². The number of ether oxygens (including phenoxy) is 1. The number of aryl methyl sites for hydroxylation is 1. The lowest BCUT2D eigenvalue weighted by atomic mass is 10.1. The first-order chi connectivity index (χ1) is 11.5. The minimum absolute atomic E-state index is 0.0547. The molecule has 0 unspecified atom stereocenters. The molecule has 0 aromatic carbocycles. The van der Waals surface area contributed by atoms with Crippen molar-refractivity contribution >= 4 is 0 Å². The Labute approximate surface area is 140 Å². The summed E-state index contributed by atoms with van der Waals surface area (Å²) in [5.74, 6) is 0.879. The van der Waals surface area contributed by atoms with Crippen LogP contribution in [0.2, 0.25) is 0 Å². The van der Waals surface area contributed by atoms with Gasteiger partial charge < -0.3 is 9.84 Å². The molecular formula is C16H23N5O3. The molecule has 0 bridgehead atoms. The van der Waals surface area contributed by atoms with Crippen LogP contribution in [0.15, 0.2) is 16.9 Å². The van der Waals surface area contributed by atoms with Crippen LogP contribution in [-0.4, -0.2) is 49.5 Å². The third kappa shape index (κ3) is 3.07. The number of methoxy groups -OCH3 is 1. The fourth-order valence-corrected chi connectivity index (χ4v) is 3.28. The predicted molar refractivity (Wildman–Crippen MR) is 87.7 cm³/mol. The maximum atomic E-state index is 11.9. The Morgan fingerprint density at radius 3 is 2.96 bits per heavy atom. The van der Waals surface area contributed by atoms with E-state index in [1.54, 1.807) is 23.8 Å². The van der Waals surface area contributed by atoms with E-state index in [4.69, 9.17) is 4.74 Å². The summed E-state index contributed by atoms with van der Waals surface area (Å²) in [7, 11) is 1.69. The van der Waals surface area contributed by atoms with Crippen LogP contribution in [0.1, 0.15) is 36.6 Å². The van der Waals surface area contributed by atoms with Crippen LogP contribution >= 0.6 is 0 Å². The van der Waals surface area contributed by atoms with Gasteiger partial charge in [0.1, 0.15) is 5.75 Å². The van der Waals surface area contributed by atoms with Crippen molar-refractivity contribution in [1.82, 2.24) is 24.6 Å². The van der Waals surface area contributed by atoms with Crippen molar-refractivity contribution < 1.29 is 9.84 Å². The second kappa shape index (κ2) is 6.74. The Morgan fingerprint density at radius 2 is 2.25 bits per heavy atom. The zero-order valence-electron chi connectivity index (χ0n) is 14.2. The maximum absolute atomic E-state index is 11.9. The fraction of sp³-hybridized carbons (Fsp3) is 0.562. The highest BCUT2D eigenvalue weighted by molar-refractivity contribution is 5.27. The minimum Gasteiger partial charge on any atom is -0.506 e. The molecule has 8 heteroatoms. The van der Waals surface area contributed by atoms with Gasteiger partial charge in [0.15, 0.2) is 5.82 Å². The summed E-state index contributed by atoms with van der Waals surface area (Å²) >= 11 is 0. The number of aromatic amines is 1. The summed E-state index contributed by atoms with van der Waals surface area (Å²) in [6, 6.07) is 3.38. The Bertz CT molecular complexity index is 769. The van der Waals surface area contributed by atoms with Crippen LogP contribution in [0.4, 0.5) is 0 Å². The van der Waals surface area contributed by atoms with Crippen LogP contribution in [0.5, 0.6) is 5.75 Å². The molecule has 1 aliphatic heterocycles. The molecule has 1 aliphatic rings. The van der Waals surface area contributed by atoms with Crippen LogP contribution in [0.25, 0.3) is 0 Å². The standard InChI is InChI=1S/C16H23N5O3/c1-4-21-15(18-19-16(21)23)13-7-11(24-3)8-20(13)9-12-14(22)6-5-10(2)17-12/h5-6,11,13,22H,4,7-9H2,1-3H3,(H,19,23)/t11-,13-/m0/s1. The lowest BCUT2D eigenvalue weighted by Gasteiger charge is -2.23. The predicted octanol–water partition coefficient (Wildman–Crippen LogP) is 0.962. The van der Waals surface area contributed by atoms with Gasteiger partial charge in [-0.25, -0.2) is 9.89 Å². The molecular weight excluding hydrogens is 310 g/mol. The summed E-state index contributed by atoms with van der Waals surface area (Å²) in [4.78, 5) is 18.5. The number of pyridine rings is 1. The molecule has 24 heavy (non-hydrogen) atoms. The van der Waals surface area contributed by atoms with Gasteiger partial charge in [-0.2, -0.15) is 5.10 Å². The molecule has 1 saturated heterocycles. The Kier molecular flexibility index (Phi) is 4.68. The van der Waals surface area contributed by atoms with Gasteiger partial charge >= 0.3 is 5.69 Å². The molecule has 130 valence electrons. The zero-order chi connectivity index (χ0) is 17.3. The molecule has 2 N–H and O–H groups in total. The van der Waals surface area contributed by atoms with Gasteiger partial charge in [-0.15, -0.1) is 0 Å². The van der Waals surface area contributed by atoms with Gasteiger partial charge in [0, 0.05) is 32.4 Å². The quantitative estimate of drug-likeness (QED) is 0.846. The number of H-pyrrole nitrogens is 1. The highest BCUT2D eigenvalue weighted by atomic mass is 16.5. The molecule has 2 atom stereocenters. The van der Waals surface area contributed by atoms with E-state index in [1.807, 2.05) is 13.8 Å². The van der Waals surface area contributed by atoms with E-state index in [9.17, 15) is 9.90 Å². The second-order valence-corrected chi connectivity index (χ2v) is 6.09. The second-order valence-electron chi connectivity index (χ2n) is 6.09. The number of likely N-dealkylation sites (tertiary alicyclic amines) is 1. The van der Waals surface area contributed by atoms with Crippen molar-refractivity contribution in [3.05, 3.63) is 39.8 Å². The van der Waals surface area contributed by atoms with Crippen molar-refractivity contribution in [2.24, 2.45) is 0 Å². The Hall–Kier alpha value is -2.19. The summed E-state index contributed by atoms with van der Waals surface area (Å²) < 4.78 is 7.15. The summed E-state index contributed by atoms with van der Waals surface area (Å²) in [6.07, 6.45) is 0.798. The molecule has 2 aromatic heterocycles. The van der Waals surface area contributed by atoms with Crippen LogP contribution in [0.3, 0.4) is 0 Å². The average molecular weight is 333 g/mol. The van der Waals surface area contributed by atoms with Crippen LogP contribution in [0, 0.1) is 6.92 Å². The molecule has 3 rings (SSSR count). The average Bonchev–Trinajstić information content (AvgIpc) is 3.13. The van der Waals surface area contributed by atoms with Crippen molar-refractivity contribution in [2.75, 3.05) is 13.7 Å². The van der Waals surface area contributed by atoms with Gasteiger partial charge in [-0.1, -0.05) is 0 Å². The maximum Gasteiger partial charge on any atom is 0.343 e. The SMILES string of the molecule is CCn1c([C@@H]2C[C@H](OC)CN2Cc2nc(C)ccc2O)n[nH]c1=O. The highest BCUT2D eigenvalue weighted by Gasteiger charge is 2.37. The van der Waals surface area contributed by atoms with Gasteiger partial charge in [-0.3, -0.25) is 14.5 Å². The molecule has 0 saturated carbocycles. The topological polar surface area (TPSA) is 96.3 Å². The molecule has 3 heterocycles. The third-order valence-corrected chi connectivity index (χ3v) is 4.54. The van der Waals surface area contributed by atoms with E-state index in [1.165, 1.54) is 0 Å². The first-order valence-corrected chi connectivity index (χ1v) is 8.10. The first kappa shape index (κ1) is 16.7. The highest BCUT2D eigenvalue weighted by Crippen LogP contribution is 2.34. The Balaban J connectivity index is 1.92. The molecule has 8 nitrogen and oxygen atoms in total. The molecule has 0 amide bonds. The van der Waals surface area contributed by atoms with Crippen LogP contribution in [-0.2, 0) is 17.8 Å². The van der Waals surface area contributed by atoms with E-state index in [2.05, 4.69) is 20.1 Å². The number of aromatic hydroxyl groups is 1. The number of hydrogen-bond donors (Lipinski definition) is 2. The fourth-order valence-electron chi connectivity index (χ4n) is 3.28. The number of nitrogens with zero attached hydrogens (tertiary/aromatic N) is 4. The molecule has 0 radical (unpaired) electrons. The van der Waals surface area contributed by atoms with Gasteiger partial charge in [0.25, 0.3) is 0 Å². The van der Waals surface area contributed by atoms with E-state index in [0.29, 0.717) is 31.2 Å². The van der Waals surface area contributed by atoms with Crippen molar-refractivity contribution in [2.45, 2.75) is 45.5 Å². The number of aromatic nitrogens is 4. The zero-order valence-corrected chi connectivity index (χ0v) is 14.2. The molecule has 1 fully saturated rings. The number of nitrogens with one attached hydrogen (secondary N) is 1.